The molecule has 0 aromatic heterocycles. The van der Waals surface area contributed by atoms with Crippen molar-refractivity contribution in [3.63, 3.8) is 0 Å². The lowest BCUT2D eigenvalue weighted by Gasteiger charge is -2.13. The number of nitrogens with zero attached hydrogens (tertiary/aromatic N) is 1. The van der Waals surface area contributed by atoms with Crippen LogP contribution in [0.3, 0.4) is 0 Å². The number of hydrogen-bond acceptors (Lipinski definition) is 3. The van der Waals surface area contributed by atoms with E-state index in [1.165, 1.54) is 0 Å². The summed E-state index contributed by atoms with van der Waals surface area (Å²) in [5.41, 5.74) is 3.91. The van der Waals surface area contributed by atoms with E-state index in [9.17, 15) is 4.79 Å². The standard InChI is InChI=1S/C17H20BrN3O/c1-12-10-13(18)4-9-16(12)20-17(22)11-19-14-5-7-15(8-6-14)21(2)3/h4-10,19H,11H2,1-3H3,(H,20,22). The molecule has 116 valence electrons. The molecule has 0 unspecified atom stereocenters. The van der Waals surface area contributed by atoms with Gasteiger partial charge >= 0.3 is 0 Å². The van der Waals surface area contributed by atoms with Crippen molar-refractivity contribution >= 4 is 38.9 Å². The van der Waals surface area contributed by atoms with E-state index in [-0.39, 0.29) is 12.5 Å². The predicted molar refractivity (Wildman–Crippen MR) is 96.8 cm³/mol. The van der Waals surface area contributed by atoms with Crippen molar-refractivity contribution in [1.29, 1.82) is 0 Å². The highest BCUT2D eigenvalue weighted by atomic mass is 79.9. The minimum atomic E-state index is -0.0675. The largest absolute Gasteiger partial charge is 0.378 e. The first-order valence-corrected chi connectivity index (χ1v) is 7.82. The van der Waals surface area contributed by atoms with Crippen LogP contribution < -0.4 is 15.5 Å². The Kier molecular flexibility index (Phi) is 5.44. The van der Waals surface area contributed by atoms with Crippen molar-refractivity contribution in [2.24, 2.45) is 0 Å². The maximum Gasteiger partial charge on any atom is 0.243 e. The van der Waals surface area contributed by atoms with E-state index >= 15 is 0 Å². The van der Waals surface area contributed by atoms with Gasteiger partial charge in [-0.15, -0.1) is 0 Å². The molecule has 2 aromatic rings. The first-order valence-electron chi connectivity index (χ1n) is 7.03. The number of carbonyl (C=O) groups excluding carboxylic acids is 1. The van der Waals surface area contributed by atoms with Gasteiger partial charge in [0.1, 0.15) is 0 Å². The zero-order chi connectivity index (χ0) is 16.1. The number of aryl methyl sites for hydroxylation is 1. The molecule has 0 bridgehead atoms. The van der Waals surface area contributed by atoms with Gasteiger partial charge in [-0.1, -0.05) is 15.9 Å². The molecule has 0 fully saturated rings. The van der Waals surface area contributed by atoms with Gasteiger partial charge in [-0.2, -0.15) is 0 Å². The molecule has 0 radical (unpaired) electrons. The highest BCUT2D eigenvalue weighted by Gasteiger charge is 2.05. The lowest BCUT2D eigenvalue weighted by Crippen LogP contribution is -2.22. The maximum atomic E-state index is 12.0. The Balaban J connectivity index is 1.89. The van der Waals surface area contributed by atoms with Gasteiger partial charge in [0.2, 0.25) is 5.91 Å². The fourth-order valence-corrected chi connectivity index (χ4v) is 2.50. The summed E-state index contributed by atoms with van der Waals surface area (Å²) in [7, 11) is 3.99. The Hall–Kier alpha value is -2.01. The number of halogens is 1. The van der Waals surface area contributed by atoms with Gasteiger partial charge in [0.15, 0.2) is 0 Å². The topological polar surface area (TPSA) is 44.4 Å². The second-order valence-corrected chi connectivity index (χ2v) is 6.22. The third-order valence-corrected chi connectivity index (χ3v) is 3.79. The van der Waals surface area contributed by atoms with Crippen LogP contribution in [0.2, 0.25) is 0 Å². The average Bonchev–Trinajstić information content (AvgIpc) is 2.48. The molecule has 2 aromatic carbocycles. The average molecular weight is 362 g/mol. The molecule has 2 N–H and O–H groups in total. The number of anilines is 3. The van der Waals surface area contributed by atoms with Crippen LogP contribution in [0.1, 0.15) is 5.56 Å². The summed E-state index contributed by atoms with van der Waals surface area (Å²) in [6.45, 7) is 2.20. The molecule has 4 nitrogen and oxygen atoms in total. The molecule has 0 aliphatic carbocycles. The molecule has 0 spiro atoms. The second-order valence-electron chi connectivity index (χ2n) is 5.30. The fourth-order valence-electron chi connectivity index (χ4n) is 2.02. The molecule has 5 heteroatoms. The van der Waals surface area contributed by atoms with Crippen LogP contribution in [0.5, 0.6) is 0 Å². The molecular weight excluding hydrogens is 342 g/mol. The fraction of sp³-hybridized carbons (Fsp3) is 0.235. The van der Waals surface area contributed by atoms with Crippen molar-refractivity contribution < 1.29 is 4.79 Å². The smallest absolute Gasteiger partial charge is 0.243 e. The van der Waals surface area contributed by atoms with Gasteiger partial charge in [0.25, 0.3) is 0 Å². The summed E-state index contributed by atoms with van der Waals surface area (Å²) in [5.74, 6) is -0.0675. The van der Waals surface area contributed by atoms with Crippen LogP contribution in [-0.2, 0) is 4.79 Å². The molecule has 22 heavy (non-hydrogen) atoms. The van der Waals surface area contributed by atoms with E-state index in [2.05, 4.69) is 26.6 Å². The van der Waals surface area contributed by atoms with Gasteiger partial charge in [0, 0.05) is 35.6 Å². The van der Waals surface area contributed by atoms with E-state index in [4.69, 9.17) is 0 Å². The second kappa shape index (κ2) is 7.31. The van der Waals surface area contributed by atoms with Crippen LogP contribution >= 0.6 is 15.9 Å². The minimum Gasteiger partial charge on any atom is -0.378 e. The van der Waals surface area contributed by atoms with E-state index < -0.39 is 0 Å². The normalized spacial score (nSPS) is 10.2. The Morgan fingerprint density at radius 2 is 1.82 bits per heavy atom. The highest BCUT2D eigenvalue weighted by molar-refractivity contribution is 9.10. The first-order chi connectivity index (χ1) is 10.5. The SMILES string of the molecule is Cc1cc(Br)ccc1NC(=O)CNc1ccc(N(C)C)cc1. The molecule has 0 atom stereocenters. The molecule has 2 rings (SSSR count). The number of rotatable bonds is 5. The van der Waals surface area contributed by atoms with E-state index in [1.54, 1.807) is 0 Å². The Bertz CT molecular complexity index is 653. The summed E-state index contributed by atoms with van der Waals surface area (Å²) >= 11 is 3.41. The first kappa shape index (κ1) is 16.4. The molecule has 0 heterocycles. The predicted octanol–water partition coefficient (Wildman–Crippen LogP) is 3.87. The van der Waals surface area contributed by atoms with Gasteiger partial charge in [0.05, 0.1) is 6.54 Å². The summed E-state index contributed by atoms with van der Waals surface area (Å²) < 4.78 is 1.00. The summed E-state index contributed by atoms with van der Waals surface area (Å²) in [6, 6.07) is 13.7. The third-order valence-electron chi connectivity index (χ3n) is 3.30. The van der Waals surface area contributed by atoms with Crippen molar-refractivity contribution in [2.75, 3.05) is 36.2 Å². The Labute approximate surface area is 139 Å². The van der Waals surface area contributed by atoms with Crippen LogP contribution in [0.25, 0.3) is 0 Å². The third kappa shape index (κ3) is 4.49. The molecule has 0 aliphatic heterocycles. The lowest BCUT2D eigenvalue weighted by molar-refractivity contribution is -0.114. The molecule has 0 saturated heterocycles. The van der Waals surface area contributed by atoms with Crippen molar-refractivity contribution in [3.8, 4) is 0 Å². The molecule has 0 aliphatic rings. The molecular formula is C17H20BrN3O. The zero-order valence-electron chi connectivity index (χ0n) is 13.0. The maximum absolute atomic E-state index is 12.0. The number of carbonyl (C=O) groups is 1. The van der Waals surface area contributed by atoms with Crippen molar-refractivity contribution in [3.05, 3.63) is 52.5 Å². The molecule has 0 saturated carbocycles. The highest BCUT2D eigenvalue weighted by Crippen LogP contribution is 2.20. The van der Waals surface area contributed by atoms with Crippen LogP contribution in [0.15, 0.2) is 46.9 Å². The van der Waals surface area contributed by atoms with Crippen LogP contribution in [0, 0.1) is 6.92 Å². The quantitative estimate of drug-likeness (QED) is 0.849. The van der Waals surface area contributed by atoms with Crippen LogP contribution in [-0.4, -0.2) is 26.5 Å². The Morgan fingerprint density at radius 3 is 2.41 bits per heavy atom. The Morgan fingerprint density at radius 1 is 1.14 bits per heavy atom. The summed E-state index contributed by atoms with van der Waals surface area (Å²) in [4.78, 5) is 14.0. The lowest BCUT2D eigenvalue weighted by atomic mass is 10.2. The number of hydrogen-bond donors (Lipinski definition) is 2. The van der Waals surface area contributed by atoms with Crippen molar-refractivity contribution in [1.82, 2.24) is 0 Å². The van der Waals surface area contributed by atoms with E-state index in [0.717, 1.165) is 27.1 Å². The van der Waals surface area contributed by atoms with Crippen molar-refractivity contribution in [2.45, 2.75) is 6.92 Å². The molecule has 1 amide bonds. The number of nitrogens with one attached hydrogen (secondary N) is 2. The number of benzene rings is 2. The summed E-state index contributed by atoms with van der Waals surface area (Å²) in [5, 5.41) is 6.03. The van der Waals surface area contributed by atoms with Gasteiger partial charge in [-0.25, -0.2) is 0 Å². The van der Waals surface area contributed by atoms with Gasteiger partial charge < -0.3 is 15.5 Å². The van der Waals surface area contributed by atoms with Crippen LogP contribution in [0.4, 0.5) is 17.1 Å². The monoisotopic (exact) mass is 361 g/mol. The van der Waals surface area contributed by atoms with Gasteiger partial charge in [-0.05, 0) is 55.0 Å². The zero-order valence-corrected chi connectivity index (χ0v) is 14.6. The summed E-state index contributed by atoms with van der Waals surface area (Å²) in [6.07, 6.45) is 0. The van der Waals surface area contributed by atoms with E-state index in [1.807, 2.05) is 68.4 Å². The minimum absolute atomic E-state index is 0.0675. The van der Waals surface area contributed by atoms with E-state index in [0.29, 0.717) is 0 Å². The number of amides is 1. The van der Waals surface area contributed by atoms with Gasteiger partial charge in [-0.3, -0.25) is 4.79 Å².